The van der Waals surface area contributed by atoms with E-state index in [9.17, 15) is 29.0 Å². The molecule has 0 aliphatic carbocycles. The molecule has 8 heteroatoms. The van der Waals surface area contributed by atoms with E-state index in [0.717, 1.165) is 11.1 Å². The molecule has 0 aromatic heterocycles. The summed E-state index contributed by atoms with van der Waals surface area (Å²) in [7, 11) is 0. The van der Waals surface area contributed by atoms with Crippen LogP contribution in [0.15, 0.2) is 29.8 Å². The molecular formula is C17H18FNO6. The van der Waals surface area contributed by atoms with Gasteiger partial charge in [-0.05, 0) is 26.8 Å². The maximum absolute atomic E-state index is 14.3. The minimum Gasteiger partial charge on any atom is -0.481 e. The fourth-order valence-electron chi connectivity index (χ4n) is 2.87. The lowest BCUT2D eigenvalue weighted by atomic mass is 9.90. The van der Waals surface area contributed by atoms with Crippen molar-refractivity contribution in [3.05, 3.63) is 41.2 Å². The number of carbonyl (C=O) groups excluding carboxylic acids is 1. The van der Waals surface area contributed by atoms with Gasteiger partial charge in [-0.1, -0.05) is 18.2 Å². The van der Waals surface area contributed by atoms with E-state index in [4.69, 9.17) is 4.84 Å². The van der Waals surface area contributed by atoms with Gasteiger partial charge in [0.15, 0.2) is 6.04 Å². The number of rotatable bonds is 4. The van der Waals surface area contributed by atoms with Gasteiger partial charge in [-0.15, -0.1) is 0 Å². The van der Waals surface area contributed by atoms with Crippen LogP contribution in [0.3, 0.4) is 0 Å². The van der Waals surface area contributed by atoms with Gasteiger partial charge in [-0.25, -0.2) is 9.18 Å². The van der Waals surface area contributed by atoms with Crippen molar-refractivity contribution in [1.29, 1.82) is 0 Å². The molecule has 7 nitrogen and oxygen atoms in total. The Hall–Kier alpha value is -2.54. The van der Waals surface area contributed by atoms with Crippen LogP contribution in [-0.2, 0) is 19.2 Å². The summed E-state index contributed by atoms with van der Waals surface area (Å²) >= 11 is 0. The van der Waals surface area contributed by atoms with Crippen molar-refractivity contribution in [1.82, 2.24) is 5.06 Å². The Kier molecular flexibility index (Phi) is 5.08. The molecule has 3 unspecified atom stereocenters. The van der Waals surface area contributed by atoms with Crippen LogP contribution in [0.5, 0.6) is 0 Å². The number of carboxylic acids is 2. The third-order valence-corrected chi connectivity index (χ3v) is 3.69. The zero-order valence-corrected chi connectivity index (χ0v) is 13.9. The summed E-state index contributed by atoms with van der Waals surface area (Å²) in [6, 6.07) is 2.37. The molecule has 2 rings (SSSR count). The van der Waals surface area contributed by atoms with E-state index in [2.05, 4.69) is 0 Å². The first-order chi connectivity index (χ1) is 11.6. The van der Waals surface area contributed by atoms with Crippen molar-refractivity contribution in [2.45, 2.75) is 38.5 Å². The molecule has 0 amide bonds. The third-order valence-electron chi connectivity index (χ3n) is 3.69. The maximum Gasteiger partial charge on any atom is 0.328 e. The number of benzene rings is 1. The maximum atomic E-state index is 14.3. The predicted octanol–water partition coefficient (Wildman–Crippen LogP) is 1.82. The van der Waals surface area contributed by atoms with Crippen LogP contribution in [0.25, 0.3) is 0 Å². The lowest BCUT2D eigenvalue weighted by molar-refractivity contribution is -0.258. The Labute approximate surface area is 143 Å². The average Bonchev–Trinajstić information content (AvgIpc) is 2.80. The van der Waals surface area contributed by atoms with Crippen molar-refractivity contribution >= 4 is 17.9 Å². The first-order valence-corrected chi connectivity index (χ1v) is 7.51. The van der Waals surface area contributed by atoms with E-state index in [1.807, 2.05) is 0 Å². The van der Waals surface area contributed by atoms with Crippen molar-refractivity contribution in [2.75, 3.05) is 0 Å². The van der Waals surface area contributed by atoms with Crippen LogP contribution >= 0.6 is 0 Å². The van der Waals surface area contributed by atoms with Crippen LogP contribution < -0.4 is 0 Å². The fourth-order valence-corrected chi connectivity index (χ4v) is 2.87. The van der Waals surface area contributed by atoms with Gasteiger partial charge >= 0.3 is 11.9 Å². The zero-order chi connectivity index (χ0) is 18.9. The Morgan fingerprint density at radius 2 is 1.80 bits per heavy atom. The standard InChI is InChI=1S/C17H18FNO6/c1-17(2,3)25-19-13(9-6-4-5-7-11(9)18)12(15(21)22)10(8-20)14(19)16(23)24/h4-7,12-14H,1-3H3,(H,21,22)(H,23,24). The molecule has 1 aliphatic heterocycles. The van der Waals surface area contributed by atoms with Gasteiger partial charge < -0.3 is 10.2 Å². The highest BCUT2D eigenvalue weighted by Crippen LogP contribution is 2.45. The monoisotopic (exact) mass is 351 g/mol. The van der Waals surface area contributed by atoms with E-state index < -0.39 is 46.9 Å². The van der Waals surface area contributed by atoms with E-state index in [1.54, 1.807) is 20.8 Å². The summed E-state index contributed by atoms with van der Waals surface area (Å²) in [5.74, 6) is -3.84. The largest absolute Gasteiger partial charge is 0.481 e. The summed E-state index contributed by atoms with van der Waals surface area (Å²) in [6.45, 7) is 4.88. The Bertz CT molecular complexity index is 750. The summed E-state index contributed by atoms with van der Waals surface area (Å²) < 4.78 is 14.3. The van der Waals surface area contributed by atoms with Gasteiger partial charge in [-0.2, -0.15) is 5.06 Å². The number of hydrogen-bond donors (Lipinski definition) is 2. The first kappa shape index (κ1) is 18.8. The zero-order valence-electron chi connectivity index (χ0n) is 13.9. The molecule has 1 saturated heterocycles. The van der Waals surface area contributed by atoms with Crippen LogP contribution in [0.4, 0.5) is 4.39 Å². The van der Waals surface area contributed by atoms with E-state index in [1.165, 1.54) is 24.1 Å². The molecule has 134 valence electrons. The van der Waals surface area contributed by atoms with Crippen molar-refractivity contribution < 1.29 is 33.8 Å². The Balaban J connectivity index is 2.71. The summed E-state index contributed by atoms with van der Waals surface area (Å²) in [4.78, 5) is 40.4. The number of carbonyl (C=O) groups is 2. The minimum atomic E-state index is -1.68. The normalized spacial score (nSPS) is 24.2. The van der Waals surface area contributed by atoms with Gasteiger partial charge in [-0.3, -0.25) is 14.4 Å². The molecule has 0 spiro atoms. The molecular weight excluding hydrogens is 333 g/mol. The Morgan fingerprint density at radius 3 is 2.24 bits per heavy atom. The van der Waals surface area contributed by atoms with Crippen molar-refractivity contribution in [3.8, 4) is 0 Å². The lowest BCUT2D eigenvalue weighted by Crippen LogP contribution is -2.43. The topological polar surface area (TPSA) is 104 Å². The molecule has 1 aromatic carbocycles. The second-order valence-corrected chi connectivity index (χ2v) is 6.64. The van der Waals surface area contributed by atoms with E-state index in [-0.39, 0.29) is 5.56 Å². The molecule has 0 saturated carbocycles. The second-order valence-electron chi connectivity index (χ2n) is 6.64. The average molecular weight is 351 g/mol. The quantitative estimate of drug-likeness (QED) is 0.797. The second kappa shape index (κ2) is 6.76. The predicted molar refractivity (Wildman–Crippen MR) is 83.6 cm³/mol. The number of hydroxylamine groups is 2. The number of nitrogens with zero attached hydrogens (tertiary/aromatic N) is 1. The van der Waals surface area contributed by atoms with Crippen LogP contribution in [0.1, 0.15) is 32.4 Å². The molecule has 25 heavy (non-hydrogen) atoms. The molecule has 0 bridgehead atoms. The fraction of sp³-hybridized carbons (Fsp3) is 0.412. The van der Waals surface area contributed by atoms with Gasteiger partial charge in [0, 0.05) is 5.56 Å². The molecule has 1 aromatic rings. The van der Waals surface area contributed by atoms with Crippen molar-refractivity contribution in [3.63, 3.8) is 0 Å². The number of carboxylic acid groups (broad SMARTS) is 2. The highest BCUT2D eigenvalue weighted by Gasteiger charge is 2.56. The first-order valence-electron chi connectivity index (χ1n) is 7.51. The van der Waals surface area contributed by atoms with Gasteiger partial charge in [0.1, 0.15) is 17.7 Å². The summed E-state index contributed by atoms with van der Waals surface area (Å²) in [5.41, 5.74) is -1.49. The third kappa shape index (κ3) is 3.61. The molecule has 1 aliphatic rings. The van der Waals surface area contributed by atoms with E-state index in [0.29, 0.717) is 0 Å². The van der Waals surface area contributed by atoms with Crippen LogP contribution in [0.2, 0.25) is 0 Å². The highest BCUT2D eigenvalue weighted by atomic mass is 19.1. The molecule has 1 heterocycles. The highest BCUT2D eigenvalue weighted by molar-refractivity contribution is 5.89. The van der Waals surface area contributed by atoms with E-state index >= 15 is 0 Å². The van der Waals surface area contributed by atoms with Gasteiger partial charge in [0.05, 0.1) is 17.2 Å². The Morgan fingerprint density at radius 1 is 1.20 bits per heavy atom. The van der Waals surface area contributed by atoms with Crippen LogP contribution in [-0.4, -0.2) is 44.8 Å². The lowest BCUT2D eigenvalue weighted by Gasteiger charge is -2.34. The smallest absolute Gasteiger partial charge is 0.328 e. The summed E-state index contributed by atoms with van der Waals surface area (Å²) in [5, 5.41) is 19.9. The molecule has 1 fully saturated rings. The number of hydrogen-bond acceptors (Lipinski definition) is 5. The van der Waals surface area contributed by atoms with Gasteiger partial charge in [0.2, 0.25) is 0 Å². The SMILES string of the molecule is CC(C)(C)ON1C(C(=O)O)C(=C=O)C(C(=O)O)C1c1ccccc1F. The number of halogens is 1. The van der Waals surface area contributed by atoms with Crippen molar-refractivity contribution in [2.24, 2.45) is 5.92 Å². The van der Waals surface area contributed by atoms with Crippen LogP contribution in [0, 0.1) is 11.7 Å². The molecule has 3 atom stereocenters. The van der Waals surface area contributed by atoms with Gasteiger partial charge in [0.25, 0.3) is 0 Å². The number of aliphatic carboxylic acids is 2. The summed E-state index contributed by atoms with van der Waals surface area (Å²) in [6.07, 6.45) is 0. The minimum absolute atomic E-state index is 0.0735. The molecule has 0 radical (unpaired) electrons. The molecule has 2 N–H and O–H groups in total.